The monoisotopic (exact) mass is 212 g/mol. The topological polar surface area (TPSA) is 41.1 Å². The summed E-state index contributed by atoms with van der Waals surface area (Å²) in [6.45, 7) is 2.98. The summed E-state index contributed by atoms with van der Waals surface area (Å²) in [5, 5.41) is 5.96. The zero-order valence-corrected chi connectivity index (χ0v) is 9.85. The largest absolute Gasteiger partial charge is 0.338 e. The van der Waals surface area contributed by atoms with Gasteiger partial charge in [0, 0.05) is 12.6 Å². The third-order valence-electron chi connectivity index (χ3n) is 3.01. The van der Waals surface area contributed by atoms with Gasteiger partial charge in [0.1, 0.15) is 0 Å². The zero-order valence-electron chi connectivity index (χ0n) is 9.85. The summed E-state index contributed by atoms with van der Waals surface area (Å²) in [4.78, 5) is 11.5. The average molecular weight is 212 g/mol. The Balaban J connectivity index is 2.01. The number of hydrogen-bond donors (Lipinski definition) is 2. The molecule has 1 rings (SSSR count). The van der Waals surface area contributed by atoms with Gasteiger partial charge in [-0.1, -0.05) is 39.0 Å². The van der Waals surface area contributed by atoms with Crippen LogP contribution in [0.1, 0.15) is 58.3 Å². The molecule has 0 aromatic carbocycles. The van der Waals surface area contributed by atoms with Crippen molar-refractivity contribution in [3.8, 4) is 0 Å². The minimum absolute atomic E-state index is 0.0259. The third-order valence-corrected chi connectivity index (χ3v) is 3.01. The Kier molecular flexibility index (Phi) is 6.21. The molecular formula is C12H24N2O. The SMILES string of the molecule is CCCCCNC(=O)NC1CCCCC1. The molecule has 0 atom stereocenters. The van der Waals surface area contributed by atoms with E-state index in [1.807, 2.05) is 0 Å². The Morgan fingerprint density at radius 1 is 1.20 bits per heavy atom. The van der Waals surface area contributed by atoms with Crippen molar-refractivity contribution in [2.45, 2.75) is 64.3 Å². The summed E-state index contributed by atoms with van der Waals surface area (Å²) in [6, 6.07) is 0.447. The van der Waals surface area contributed by atoms with Crippen LogP contribution in [0.2, 0.25) is 0 Å². The number of nitrogens with one attached hydrogen (secondary N) is 2. The van der Waals surface area contributed by atoms with E-state index in [0.717, 1.165) is 25.8 Å². The van der Waals surface area contributed by atoms with Gasteiger partial charge in [-0.05, 0) is 19.3 Å². The van der Waals surface area contributed by atoms with E-state index in [2.05, 4.69) is 17.6 Å². The molecule has 0 aliphatic heterocycles. The number of amides is 2. The van der Waals surface area contributed by atoms with Gasteiger partial charge in [0.25, 0.3) is 0 Å². The predicted molar refractivity (Wildman–Crippen MR) is 62.9 cm³/mol. The average Bonchev–Trinajstić information content (AvgIpc) is 2.26. The number of carbonyl (C=O) groups is 1. The second kappa shape index (κ2) is 7.55. The highest BCUT2D eigenvalue weighted by Crippen LogP contribution is 2.16. The molecule has 88 valence electrons. The maximum atomic E-state index is 11.5. The highest BCUT2D eigenvalue weighted by molar-refractivity contribution is 5.74. The van der Waals surface area contributed by atoms with Gasteiger partial charge < -0.3 is 10.6 Å². The Morgan fingerprint density at radius 2 is 1.93 bits per heavy atom. The summed E-state index contributed by atoms with van der Waals surface area (Å²) in [5.74, 6) is 0. The van der Waals surface area contributed by atoms with Crippen LogP contribution in [0.25, 0.3) is 0 Å². The quantitative estimate of drug-likeness (QED) is 0.676. The van der Waals surface area contributed by atoms with Gasteiger partial charge in [-0.3, -0.25) is 0 Å². The maximum Gasteiger partial charge on any atom is 0.315 e. The normalized spacial score (nSPS) is 17.4. The molecule has 1 aliphatic carbocycles. The summed E-state index contributed by atoms with van der Waals surface area (Å²) >= 11 is 0. The number of urea groups is 1. The molecular weight excluding hydrogens is 188 g/mol. The Hall–Kier alpha value is -0.730. The molecule has 0 saturated heterocycles. The number of unbranched alkanes of at least 4 members (excludes halogenated alkanes) is 2. The number of rotatable bonds is 5. The molecule has 0 aromatic rings. The van der Waals surface area contributed by atoms with Gasteiger partial charge >= 0.3 is 6.03 Å². The van der Waals surface area contributed by atoms with Crippen LogP contribution in [0.4, 0.5) is 4.79 Å². The van der Waals surface area contributed by atoms with E-state index in [-0.39, 0.29) is 6.03 Å². The van der Waals surface area contributed by atoms with Gasteiger partial charge in [0.05, 0.1) is 0 Å². The lowest BCUT2D eigenvalue weighted by Gasteiger charge is -2.22. The molecule has 3 nitrogen and oxygen atoms in total. The first-order valence-electron chi connectivity index (χ1n) is 6.37. The van der Waals surface area contributed by atoms with Crippen molar-refractivity contribution in [1.29, 1.82) is 0 Å². The number of carbonyl (C=O) groups excluding carboxylic acids is 1. The molecule has 0 radical (unpaired) electrons. The predicted octanol–water partition coefficient (Wildman–Crippen LogP) is 2.81. The first-order chi connectivity index (χ1) is 7.33. The van der Waals surface area contributed by atoms with Crippen molar-refractivity contribution in [2.24, 2.45) is 0 Å². The van der Waals surface area contributed by atoms with Crippen molar-refractivity contribution < 1.29 is 4.79 Å². The van der Waals surface area contributed by atoms with Crippen LogP contribution in [0.15, 0.2) is 0 Å². The van der Waals surface area contributed by atoms with E-state index in [9.17, 15) is 4.79 Å². The molecule has 0 unspecified atom stereocenters. The van der Waals surface area contributed by atoms with Crippen LogP contribution >= 0.6 is 0 Å². The second-order valence-electron chi connectivity index (χ2n) is 4.44. The smallest absolute Gasteiger partial charge is 0.315 e. The molecule has 0 heterocycles. The standard InChI is InChI=1S/C12H24N2O/c1-2-3-7-10-13-12(15)14-11-8-5-4-6-9-11/h11H,2-10H2,1H3,(H2,13,14,15). The molecule has 1 aliphatic rings. The van der Waals surface area contributed by atoms with Gasteiger partial charge in [0.2, 0.25) is 0 Å². The van der Waals surface area contributed by atoms with Crippen molar-refractivity contribution in [2.75, 3.05) is 6.54 Å². The third kappa shape index (κ3) is 5.65. The molecule has 0 spiro atoms. The lowest BCUT2D eigenvalue weighted by atomic mass is 9.96. The van der Waals surface area contributed by atoms with E-state index >= 15 is 0 Å². The van der Waals surface area contributed by atoms with Gasteiger partial charge in [-0.25, -0.2) is 4.79 Å². The Labute approximate surface area is 93.0 Å². The van der Waals surface area contributed by atoms with Gasteiger partial charge in [-0.15, -0.1) is 0 Å². The van der Waals surface area contributed by atoms with E-state index in [0.29, 0.717) is 6.04 Å². The van der Waals surface area contributed by atoms with Crippen molar-refractivity contribution in [3.63, 3.8) is 0 Å². The van der Waals surface area contributed by atoms with E-state index in [1.165, 1.54) is 32.1 Å². The zero-order chi connectivity index (χ0) is 10.9. The minimum atomic E-state index is 0.0259. The van der Waals surface area contributed by atoms with Crippen molar-refractivity contribution in [1.82, 2.24) is 10.6 Å². The second-order valence-corrected chi connectivity index (χ2v) is 4.44. The fourth-order valence-electron chi connectivity index (χ4n) is 2.06. The molecule has 2 amide bonds. The maximum absolute atomic E-state index is 11.5. The number of hydrogen-bond acceptors (Lipinski definition) is 1. The van der Waals surface area contributed by atoms with Gasteiger partial charge in [-0.2, -0.15) is 0 Å². The van der Waals surface area contributed by atoms with E-state index in [4.69, 9.17) is 0 Å². The molecule has 0 bridgehead atoms. The first-order valence-corrected chi connectivity index (χ1v) is 6.37. The Morgan fingerprint density at radius 3 is 2.60 bits per heavy atom. The molecule has 15 heavy (non-hydrogen) atoms. The first kappa shape index (κ1) is 12.3. The lowest BCUT2D eigenvalue weighted by molar-refractivity contribution is 0.232. The summed E-state index contributed by atoms with van der Waals surface area (Å²) in [6.07, 6.45) is 9.66. The highest BCUT2D eigenvalue weighted by Gasteiger charge is 2.14. The molecule has 1 fully saturated rings. The Bertz CT molecular complexity index is 176. The van der Waals surface area contributed by atoms with E-state index in [1.54, 1.807) is 0 Å². The van der Waals surface area contributed by atoms with Crippen LogP contribution in [0.5, 0.6) is 0 Å². The minimum Gasteiger partial charge on any atom is -0.338 e. The van der Waals surface area contributed by atoms with Crippen LogP contribution < -0.4 is 10.6 Å². The molecule has 2 N–H and O–H groups in total. The molecule has 1 saturated carbocycles. The molecule has 0 aromatic heterocycles. The lowest BCUT2D eigenvalue weighted by Crippen LogP contribution is -2.43. The van der Waals surface area contributed by atoms with Crippen LogP contribution in [0, 0.1) is 0 Å². The fourth-order valence-corrected chi connectivity index (χ4v) is 2.06. The molecule has 3 heteroatoms. The van der Waals surface area contributed by atoms with Crippen LogP contribution in [-0.4, -0.2) is 18.6 Å². The van der Waals surface area contributed by atoms with Crippen LogP contribution in [0.3, 0.4) is 0 Å². The van der Waals surface area contributed by atoms with Crippen LogP contribution in [-0.2, 0) is 0 Å². The summed E-state index contributed by atoms with van der Waals surface area (Å²) in [5.41, 5.74) is 0. The summed E-state index contributed by atoms with van der Waals surface area (Å²) < 4.78 is 0. The van der Waals surface area contributed by atoms with Crippen molar-refractivity contribution in [3.05, 3.63) is 0 Å². The highest BCUT2D eigenvalue weighted by atomic mass is 16.2. The van der Waals surface area contributed by atoms with Crippen molar-refractivity contribution >= 4 is 6.03 Å². The fraction of sp³-hybridized carbons (Fsp3) is 0.917. The van der Waals surface area contributed by atoms with Gasteiger partial charge in [0.15, 0.2) is 0 Å². The van der Waals surface area contributed by atoms with E-state index < -0.39 is 0 Å². The summed E-state index contributed by atoms with van der Waals surface area (Å²) in [7, 11) is 0.